The summed E-state index contributed by atoms with van der Waals surface area (Å²) in [4.78, 5) is 8.55. The molecule has 0 aliphatic heterocycles. The lowest BCUT2D eigenvalue weighted by atomic mass is 10.00. The fraction of sp³-hybridized carbons (Fsp3) is 0.333. The predicted octanol–water partition coefficient (Wildman–Crippen LogP) is 3.06. The predicted molar refractivity (Wildman–Crippen MR) is 58.4 cm³/mol. The van der Waals surface area contributed by atoms with Gasteiger partial charge < -0.3 is 0 Å². The third-order valence-corrected chi connectivity index (χ3v) is 2.42. The minimum atomic E-state index is 0.530. The molecule has 0 aliphatic carbocycles. The van der Waals surface area contributed by atoms with Gasteiger partial charge in [0.25, 0.3) is 0 Å². The van der Waals surface area contributed by atoms with Crippen LogP contribution in [0.5, 0.6) is 0 Å². The first-order chi connectivity index (χ1) is 6.68. The van der Waals surface area contributed by atoms with Gasteiger partial charge >= 0.3 is 0 Å². The molecule has 2 rings (SSSR count). The van der Waals surface area contributed by atoms with Crippen LogP contribution in [0.15, 0.2) is 24.5 Å². The van der Waals surface area contributed by atoms with Gasteiger partial charge in [0.1, 0.15) is 0 Å². The molecule has 0 amide bonds. The molecule has 0 unspecified atom stereocenters. The summed E-state index contributed by atoms with van der Waals surface area (Å²) in [6.45, 7) is 6.41. The highest BCUT2D eigenvalue weighted by atomic mass is 14.7. The topological polar surface area (TPSA) is 25.8 Å². The van der Waals surface area contributed by atoms with Crippen LogP contribution in [0.3, 0.4) is 0 Å². The lowest BCUT2D eigenvalue weighted by Crippen LogP contribution is -1.92. The van der Waals surface area contributed by atoms with Gasteiger partial charge in [-0.1, -0.05) is 13.8 Å². The summed E-state index contributed by atoms with van der Waals surface area (Å²) in [6, 6.07) is 4.20. The van der Waals surface area contributed by atoms with Gasteiger partial charge in [-0.05, 0) is 30.5 Å². The minimum absolute atomic E-state index is 0.530. The molecule has 0 fully saturated rings. The minimum Gasteiger partial charge on any atom is -0.259 e. The SMILES string of the molecule is Cc1cc2c(C(C)C)ccnc2cn1. The molecule has 14 heavy (non-hydrogen) atoms. The number of hydrogen-bond acceptors (Lipinski definition) is 2. The Morgan fingerprint density at radius 3 is 2.71 bits per heavy atom. The largest absolute Gasteiger partial charge is 0.259 e. The zero-order valence-electron chi connectivity index (χ0n) is 8.78. The molecular weight excluding hydrogens is 172 g/mol. The van der Waals surface area contributed by atoms with E-state index in [0.717, 1.165) is 11.2 Å². The Labute approximate surface area is 84.0 Å². The van der Waals surface area contributed by atoms with Gasteiger partial charge in [0.15, 0.2) is 0 Å². The van der Waals surface area contributed by atoms with Crippen LogP contribution in [-0.4, -0.2) is 9.97 Å². The highest BCUT2D eigenvalue weighted by molar-refractivity contribution is 5.81. The molecule has 2 heteroatoms. The lowest BCUT2D eigenvalue weighted by Gasteiger charge is -2.08. The van der Waals surface area contributed by atoms with Crippen molar-refractivity contribution in [1.29, 1.82) is 0 Å². The standard InChI is InChI=1S/C12H14N2/c1-8(2)10-4-5-13-12-7-14-9(3)6-11(10)12/h4-8H,1-3H3. The second kappa shape index (κ2) is 3.37. The fourth-order valence-corrected chi connectivity index (χ4v) is 1.68. The average molecular weight is 186 g/mol. The summed E-state index contributed by atoms with van der Waals surface area (Å²) in [7, 11) is 0. The van der Waals surface area contributed by atoms with E-state index < -0.39 is 0 Å². The number of aromatic nitrogens is 2. The smallest absolute Gasteiger partial charge is 0.0888 e. The van der Waals surface area contributed by atoms with Crippen molar-refractivity contribution >= 4 is 10.9 Å². The van der Waals surface area contributed by atoms with Crippen LogP contribution in [0.25, 0.3) is 10.9 Å². The third kappa shape index (κ3) is 1.48. The summed E-state index contributed by atoms with van der Waals surface area (Å²) in [5, 5.41) is 1.23. The molecule has 0 saturated carbocycles. The van der Waals surface area contributed by atoms with Crippen LogP contribution in [0, 0.1) is 6.92 Å². The molecular formula is C12H14N2. The van der Waals surface area contributed by atoms with Gasteiger partial charge in [-0.15, -0.1) is 0 Å². The van der Waals surface area contributed by atoms with Crippen LogP contribution in [0.4, 0.5) is 0 Å². The van der Waals surface area contributed by atoms with Crippen molar-refractivity contribution in [1.82, 2.24) is 9.97 Å². The molecule has 0 radical (unpaired) electrons. The molecule has 0 atom stereocenters. The van der Waals surface area contributed by atoms with Crippen molar-refractivity contribution in [2.45, 2.75) is 26.7 Å². The quantitative estimate of drug-likeness (QED) is 0.684. The zero-order valence-corrected chi connectivity index (χ0v) is 8.78. The third-order valence-electron chi connectivity index (χ3n) is 2.42. The van der Waals surface area contributed by atoms with E-state index in [0.29, 0.717) is 5.92 Å². The molecule has 2 heterocycles. The maximum Gasteiger partial charge on any atom is 0.0888 e. The van der Waals surface area contributed by atoms with Gasteiger partial charge in [-0.25, -0.2) is 0 Å². The summed E-state index contributed by atoms with van der Waals surface area (Å²) < 4.78 is 0. The Kier molecular flexibility index (Phi) is 2.20. The highest BCUT2D eigenvalue weighted by Gasteiger charge is 2.05. The van der Waals surface area contributed by atoms with E-state index >= 15 is 0 Å². The first-order valence-electron chi connectivity index (χ1n) is 4.90. The van der Waals surface area contributed by atoms with Crippen molar-refractivity contribution < 1.29 is 0 Å². The van der Waals surface area contributed by atoms with E-state index in [1.807, 2.05) is 19.3 Å². The molecule has 0 bridgehead atoms. The Morgan fingerprint density at radius 2 is 2.00 bits per heavy atom. The molecule has 0 aromatic carbocycles. The monoisotopic (exact) mass is 186 g/mol. The summed E-state index contributed by atoms with van der Waals surface area (Å²) in [5.41, 5.74) is 3.38. The van der Waals surface area contributed by atoms with Gasteiger partial charge in [0, 0.05) is 17.3 Å². The second-order valence-electron chi connectivity index (χ2n) is 3.90. The number of rotatable bonds is 1. The second-order valence-corrected chi connectivity index (χ2v) is 3.90. The molecule has 2 nitrogen and oxygen atoms in total. The molecule has 2 aromatic heterocycles. The highest BCUT2D eigenvalue weighted by Crippen LogP contribution is 2.23. The van der Waals surface area contributed by atoms with Crippen LogP contribution < -0.4 is 0 Å². The summed E-state index contributed by atoms with van der Waals surface area (Å²) in [5.74, 6) is 0.530. The van der Waals surface area contributed by atoms with Crippen molar-refractivity contribution in [3.8, 4) is 0 Å². The number of hydrogen-bond donors (Lipinski definition) is 0. The Bertz CT molecular complexity index is 461. The van der Waals surface area contributed by atoms with Crippen LogP contribution in [-0.2, 0) is 0 Å². The van der Waals surface area contributed by atoms with E-state index in [4.69, 9.17) is 0 Å². The summed E-state index contributed by atoms with van der Waals surface area (Å²) >= 11 is 0. The molecule has 2 aromatic rings. The van der Waals surface area contributed by atoms with E-state index in [-0.39, 0.29) is 0 Å². The Balaban J connectivity index is 2.77. The molecule has 0 spiro atoms. The maximum absolute atomic E-state index is 4.30. The van der Waals surface area contributed by atoms with Crippen LogP contribution >= 0.6 is 0 Å². The summed E-state index contributed by atoms with van der Waals surface area (Å²) in [6.07, 6.45) is 3.70. The van der Waals surface area contributed by atoms with Crippen LogP contribution in [0.1, 0.15) is 31.0 Å². The first kappa shape index (κ1) is 9.13. The van der Waals surface area contributed by atoms with Gasteiger partial charge in [0.2, 0.25) is 0 Å². The Morgan fingerprint density at radius 1 is 1.21 bits per heavy atom. The van der Waals surface area contributed by atoms with Gasteiger partial charge in [0.05, 0.1) is 11.7 Å². The molecule has 0 N–H and O–H groups in total. The zero-order chi connectivity index (χ0) is 10.1. The Hall–Kier alpha value is -1.44. The fourth-order valence-electron chi connectivity index (χ4n) is 1.68. The van der Waals surface area contributed by atoms with Crippen molar-refractivity contribution in [2.75, 3.05) is 0 Å². The molecule has 0 saturated heterocycles. The molecule has 0 aliphatic rings. The van der Waals surface area contributed by atoms with E-state index in [1.165, 1.54) is 10.9 Å². The van der Waals surface area contributed by atoms with Crippen molar-refractivity contribution in [3.05, 3.63) is 35.8 Å². The number of pyridine rings is 2. The number of aryl methyl sites for hydroxylation is 1. The van der Waals surface area contributed by atoms with E-state index in [9.17, 15) is 0 Å². The van der Waals surface area contributed by atoms with Crippen molar-refractivity contribution in [3.63, 3.8) is 0 Å². The van der Waals surface area contributed by atoms with Gasteiger partial charge in [-0.2, -0.15) is 0 Å². The maximum atomic E-state index is 4.30. The van der Waals surface area contributed by atoms with E-state index in [1.54, 1.807) is 0 Å². The number of nitrogens with zero attached hydrogens (tertiary/aromatic N) is 2. The average Bonchev–Trinajstić information content (AvgIpc) is 2.16. The van der Waals surface area contributed by atoms with Crippen molar-refractivity contribution in [2.24, 2.45) is 0 Å². The number of fused-ring (bicyclic) bond motifs is 1. The van der Waals surface area contributed by atoms with E-state index in [2.05, 4.69) is 35.9 Å². The molecule has 72 valence electrons. The van der Waals surface area contributed by atoms with Gasteiger partial charge in [-0.3, -0.25) is 9.97 Å². The first-order valence-corrected chi connectivity index (χ1v) is 4.90. The normalized spacial score (nSPS) is 11.1. The van der Waals surface area contributed by atoms with Crippen LogP contribution in [0.2, 0.25) is 0 Å². The lowest BCUT2D eigenvalue weighted by molar-refractivity contribution is 0.873.